The molecule has 0 radical (unpaired) electrons. The van der Waals surface area contributed by atoms with E-state index in [0.717, 1.165) is 0 Å². The Labute approximate surface area is 134 Å². The number of hydrogen-bond acceptors (Lipinski definition) is 4. The van der Waals surface area contributed by atoms with Crippen molar-refractivity contribution in [2.24, 2.45) is 5.10 Å². The Morgan fingerprint density at radius 2 is 1.71 bits per heavy atom. The maximum atomic E-state index is 13.5. The van der Waals surface area contributed by atoms with Crippen molar-refractivity contribution in [1.29, 1.82) is 0 Å². The molecule has 0 spiro atoms. The monoisotopic (exact) mass is 340 g/mol. The molecule has 2 aromatic rings. The Bertz CT molecular complexity index is 797. The summed E-state index contributed by atoms with van der Waals surface area (Å²) in [4.78, 5) is 13.5. The van der Waals surface area contributed by atoms with Gasteiger partial charge in [-0.25, -0.2) is 0 Å². The van der Waals surface area contributed by atoms with E-state index < -0.39 is 29.2 Å². The first-order valence-electron chi connectivity index (χ1n) is 6.68. The first-order valence-corrected chi connectivity index (χ1v) is 6.68. The molecule has 0 aliphatic rings. The smallest absolute Gasteiger partial charge is 0.254 e. The molecule has 0 atom stereocenters. The molecule has 24 heavy (non-hydrogen) atoms. The molecule has 126 valence electrons. The Hall–Kier alpha value is -2.97. The van der Waals surface area contributed by atoms with Crippen LogP contribution in [0, 0.1) is 23.5 Å². The number of hydrogen-bond donors (Lipinski definition) is 2. The summed E-state index contributed by atoms with van der Waals surface area (Å²) < 4.78 is 53.0. The highest BCUT2D eigenvalue weighted by Crippen LogP contribution is 2.22. The zero-order chi connectivity index (χ0) is 17.9. The van der Waals surface area contributed by atoms with Gasteiger partial charge in [0, 0.05) is 12.6 Å². The van der Waals surface area contributed by atoms with Crippen molar-refractivity contribution in [2.75, 3.05) is 10.7 Å². The minimum absolute atomic E-state index is 0.263. The second-order valence-corrected chi connectivity index (χ2v) is 4.77. The average molecular weight is 340 g/mol. The second kappa shape index (κ2) is 7.07. The van der Waals surface area contributed by atoms with Crippen LogP contribution in [0.1, 0.15) is 19.4 Å². The summed E-state index contributed by atoms with van der Waals surface area (Å²) in [5.41, 5.74) is 2.14. The van der Waals surface area contributed by atoms with Gasteiger partial charge in [-0.05, 0) is 24.6 Å². The van der Waals surface area contributed by atoms with Crippen molar-refractivity contribution < 1.29 is 22.4 Å². The summed E-state index contributed by atoms with van der Waals surface area (Å²) in [5.74, 6) is -7.20. The van der Waals surface area contributed by atoms with E-state index in [1.165, 1.54) is 13.8 Å². The van der Waals surface area contributed by atoms with Crippen LogP contribution in [0.3, 0.4) is 0 Å². The van der Waals surface area contributed by atoms with Crippen molar-refractivity contribution in [3.05, 3.63) is 53.4 Å². The third kappa shape index (κ3) is 3.86. The zero-order valence-electron chi connectivity index (χ0n) is 12.6. The van der Waals surface area contributed by atoms with Gasteiger partial charge < -0.3 is 5.32 Å². The molecule has 1 amide bonds. The molecule has 1 aromatic carbocycles. The van der Waals surface area contributed by atoms with Crippen molar-refractivity contribution in [2.45, 2.75) is 13.8 Å². The van der Waals surface area contributed by atoms with Gasteiger partial charge in [0.2, 0.25) is 17.5 Å². The van der Waals surface area contributed by atoms with E-state index in [1.54, 1.807) is 24.3 Å². The summed E-state index contributed by atoms with van der Waals surface area (Å²) >= 11 is 0. The normalized spacial score (nSPS) is 11.3. The van der Waals surface area contributed by atoms with Gasteiger partial charge in [-0.1, -0.05) is 12.1 Å². The van der Waals surface area contributed by atoms with Gasteiger partial charge in [0.1, 0.15) is 5.69 Å². The molecular weight excluding hydrogens is 328 g/mol. The minimum Gasteiger partial charge on any atom is -0.326 e. The highest BCUT2D eigenvalue weighted by molar-refractivity contribution is 6.00. The number of halogens is 4. The largest absolute Gasteiger partial charge is 0.326 e. The highest BCUT2D eigenvalue weighted by Gasteiger charge is 2.20. The maximum absolute atomic E-state index is 13.5. The highest BCUT2D eigenvalue weighted by atomic mass is 19.2. The SMILES string of the molecule is CC(=O)Nc1cccc(/C(C)=N/Nc2c(F)c(F)nc(F)c2F)c1. The number of rotatable bonds is 4. The predicted octanol–water partition coefficient (Wildman–Crippen LogP) is 3.43. The fourth-order valence-corrected chi connectivity index (χ4v) is 1.81. The maximum Gasteiger partial charge on any atom is 0.254 e. The van der Waals surface area contributed by atoms with Crippen molar-refractivity contribution in [3.8, 4) is 0 Å². The fourth-order valence-electron chi connectivity index (χ4n) is 1.81. The standard InChI is InChI=1S/C15H12F4N4O/c1-7(9-4-3-5-10(6-9)20-8(2)24)22-23-13-11(16)14(18)21-15(19)12(13)17/h3-6H,1-2H3,(H,20,24)(H,21,23)/b22-7+. The molecule has 1 aromatic heterocycles. The van der Waals surface area contributed by atoms with Gasteiger partial charge in [-0.2, -0.15) is 27.6 Å². The Morgan fingerprint density at radius 3 is 2.29 bits per heavy atom. The van der Waals surface area contributed by atoms with E-state index in [2.05, 4.69) is 15.4 Å². The van der Waals surface area contributed by atoms with E-state index in [9.17, 15) is 22.4 Å². The van der Waals surface area contributed by atoms with E-state index in [-0.39, 0.29) is 11.6 Å². The van der Waals surface area contributed by atoms with Crippen molar-refractivity contribution in [1.82, 2.24) is 4.98 Å². The molecule has 0 saturated heterocycles. The van der Waals surface area contributed by atoms with Crippen LogP contribution in [-0.4, -0.2) is 16.6 Å². The summed E-state index contributed by atoms with van der Waals surface area (Å²) in [6, 6.07) is 6.47. The number of carbonyl (C=O) groups excluding carboxylic acids is 1. The summed E-state index contributed by atoms with van der Waals surface area (Å²) in [6.45, 7) is 2.84. The fraction of sp³-hybridized carbons (Fsp3) is 0.133. The topological polar surface area (TPSA) is 66.4 Å². The minimum atomic E-state index is -1.78. The summed E-state index contributed by atoms with van der Waals surface area (Å²) in [5, 5.41) is 6.27. The number of pyridine rings is 1. The molecule has 1 heterocycles. The average Bonchev–Trinajstić information content (AvgIpc) is 2.52. The molecule has 5 nitrogen and oxygen atoms in total. The number of aromatic nitrogens is 1. The number of benzene rings is 1. The zero-order valence-corrected chi connectivity index (χ0v) is 12.6. The predicted molar refractivity (Wildman–Crippen MR) is 80.6 cm³/mol. The van der Waals surface area contributed by atoms with E-state index in [0.29, 0.717) is 11.3 Å². The molecule has 2 N–H and O–H groups in total. The molecule has 9 heteroatoms. The number of nitrogens with zero attached hydrogens (tertiary/aromatic N) is 2. The van der Waals surface area contributed by atoms with Crippen LogP contribution < -0.4 is 10.7 Å². The van der Waals surface area contributed by atoms with E-state index in [4.69, 9.17) is 0 Å². The van der Waals surface area contributed by atoms with Crippen LogP contribution in [0.4, 0.5) is 28.9 Å². The van der Waals surface area contributed by atoms with Crippen molar-refractivity contribution in [3.63, 3.8) is 0 Å². The van der Waals surface area contributed by atoms with Crippen LogP contribution in [0.2, 0.25) is 0 Å². The van der Waals surface area contributed by atoms with Crippen molar-refractivity contribution >= 4 is 23.0 Å². The molecule has 0 bridgehead atoms. The van der Waals surface area contributed by atoms with Gasteiger partial charge in [0.15, 0.2) is 0 Å². The molecule has 0 fully saturated rings. The molecule has 0 aliphatic carbocycles. The van der Waals surface area contributed by atoms with Gasteiger partial charge in [0.05, 0.1) is 5.71 Å². The lowest BCUT2D eigenvalue weighted by atomic mass is 10.1. The van der Waals surface area contributed by atoms with E-state index in [1.807, 2.05) is 5.43 Å². The van der Waals surface area contributed by atoms with Crippen LogP contribution in [-0.2, 0) is 4.79 Å². The van der Waals surface area contributed by atoms with Gasteiger partial charge >= 0.3 is 0 Å². The Balaban J connectivity index is 2.29. The lowest BCUT2D eigenvalue weighted by molar-refractivity contribution is -0.114. The second-order valence-electron chi connectivity index (χ2n) is 4.77. The molecule has 0 saturated carbocycles. The van der Waals surface area contributed by atoms with Gasteiger partial charge in [0.25, 0.3) is 11.9 Å². The summed E-state index contributed by atoms with van der Waals surface area (Å²) in [7, 11) is 0. The number of anilines is 2. The lowest BCUT2D eigenvalue weighted by Crippen LogP contribution is -2.09. The number of nitrogens with one attached hydrogen (secondary N) is 2. The first-order chi connectivity index (χ1) is 11.3. The third-order valence-electron chi connectivity index (χ3n) is 2.93. The van der Waals surface area contributed by atoms with Gasteiger partial charge in [-0.15, -0.1) is 0 Å². The lowest BCUT2D eigenvalue weighted by Gasteiger charge is -2.08. The Kier molecular flexibility index (Phi) is 5.12. The number of hydrazone groups is 1. The number of amides is 1. The molecule has 0 unspecified atom stereocenters. The quantitative estimate of drug-likeness (QED) is 0.388. The van der Waals surface area contributed by atoms with E-state index >= 15 is 0 Å². The molecule has 0 aliphatic heterocycles. The molecular formula is C15H12F4N4O. The first kappa shape index (κ1) is 17.4. The van der Waals surface area contributed by atoms with Crippen LogP contribution >= 0.6 is 0 Å². The van der Waals surface area contributed by atoms with Crippen LogP contribution in [0.5, 0.6) is 0 Å². The third-order valence-corrected chi connectivity index (χ3v) is 2.93. The molecule has 2 rings (SSSR count). The van der Waals surface area contributed by atoms with Gasteiger partial charge in [-0.3, -0.25) is 10.2 Å². The van der Waals surface area contributed by atoms with Crippen LogP contribution in [0.15, 0.2) is 29.4 Å². The Morgan fingerprint density at radius 1 is 1.08 bits per heavy atom. The number of carbonyl (C=O) groups is 1. The summed E-state index contributed by atoms with van der Waals surface area (Å²) in [6.07, 6.45) is 0. The van der Waals surface area contributed by atoms with Crippen LogP contribution in [0.25, 0.3) is 0 Å².